The molecule has 0 saturated carbocycles. The predicted octanol–water partition coefficient (Wildman–Crippen LogP) is 11.9. The summed E-state index contributed by atoms with van der Waals surface area (Å²) in [5.41, 5.74) is 14.0. The van der Waals surface area contributed by atoms with Crippen LogP contribution in [0.1, 0.15) is 147 Å². The molecule has 12 heterocycles. The van der Waals surface area contributed by atoms with Crippen LogP contribution in [0.25, 0.3) is 0 Å². The highest BCUT2D eigenvalue weighted by molar-refractivity contribution is 14.1. The Labute approximate surface area is 582 Å². The van der Waals surface area contributed by atoms with Crippen LogP contribution in [-0.2, 0) is 73.0 Å². The zero-order valence-electron chi connectivity index (χ0n) is 56.4. The molecule has 0 bridgehead atoms. The highest BCUT2D eigenvalue weighted by atomic mass is 127. The third-order valence-corrected chi connectivity index (χ3v) is 19.0. The quantitative estimate of drug-likeness (QED) is 0.108. The van der Waals surface area contributed by atoms with Crippen LogP contribution in [0, 0.1) is 15.2 Å². The molecule has 520 valence electrons. The number of carbonyl (C=O) groups is 3. The summed E-state index contributed by atoms with van der Waals surface area (Å²) >= 11 is 13.4. The minimum absolute atomic E-state index is 0.0321. The van der Waals surface area contributed by atoms with Crippen LogP contribution >= 0.6 is 45.8 Å². The van der Waals surface area contributed by atoms with E-state index < -0.39 is 22.8 Å². The van der Waals surface area contributed by atoms with E-state index >= 15 is 0 Å². The monoisotopic (exact) mass is 1470 g/mol. The van der Waals surface area contributed by atoms with Gasteiger partial charge in [0.15, 0.2) is 0 Å². The van der Waals surface area contributed by atoms with E-state index in [1.807, 2.05) is 85.3 Å². The van der Waals surface area contributed by atoms with Gasteiger partial charge in [0, 0.05) is 77.7 Å². The minimum Gasteiger partial charge on any atom is -0.444 e. The molecule has 4 N–H and O–H groups in total. The summed E-state index contributed by atoms with van der Waals surface area (Å²) in [6.07, 6.45) is 23.3. The molecule has 4 saturated heterocycles. The van der Waals surface area contributed by atoms with Gasteiger partial charge in [-0.1, -0.05) is 35.7 Å². The maximum atomic E-state index is 13.3. The molecule has 95 heavy (non-hydrogen) atoms. The molecule has 8 aliphatic rings. The molecule has 14 rings (SSSR count). The standard InChI is InChI=1S/C19H22ClFN4O.C16H26N4O2.C11H16IN3O2.C11H18N4.C6H5ClFN.C5H11N/c20-15-10-14(4-5-16(15)21)11-19(26)24-8-9-25-18(13-24)17(12-22-25)23-6-2-1-3-7-23;1-16(2,3)22-15(21)19-9-10-20-14(12-19)13(11-17-20)18-7-5-4-6-8-18;1-11(2,3)17-10(16)14-4-5-15-9(7-14)8(12)6-13-15;1-2-5-14(6-3-1)10-9-13-15-7-4-12-8-11(10)15;7-5-3-4(9)1-2-6(5)8;1-2-4-6-5-3-1/h4-5,10,12H,1-3,6-9,11,13H2;11H,4-10,12H2,1-3H3;6H,4-5,7H2,1-3H3;9,12H,1-8H2;1-3H,9H2;6H,1-5H2. The van der Waals surface area contributed by atoms with E-state index in [2.05, 4.69) is 73.0 Å². The van der Waals surface area contributed by atoms with E-state index in [-0.39, 0.29) is 34.6 Å². The van der Waals surface area contributed by atoms with Crippen molar-refractivity contribution >= 4 is 86.6 Å². The fraction of sp³-hybridized carbons (Fsp3) is 0.603. The van der Waals surface area contributed by atoms with Gasteiger partial charge in [0.05, 0.1) is 130 Å². The van der Waals surface area contributed by atoms with Crippen molar-refractivity contribution in [1.29, 1.82) is 0 Å². The topological polar surface area (TPSA) is 210 Å². The maximum Gasteiger partial charge on any atom is 0.410 e. The minimum atomic E-state index is -0.462. The molecular formula is C68H98Cl2F2IN17O5. The molecule has 22 nitrogen and oxygen atoms in total. The van der Waals surface area contributed by atoms with Crippen molar-refractivity contribution in [2.24, 2.45) is 0 Å². The molecule has 27 heteroatoms. The third kappa shape index (κ3) is 21.3. The third-order valence-electron chi connectivity index (χ3n) is 17.5. The molecule has 4 aromatic heterocycles. The molecule has 0 aliphatic carbocycles. The molecule has 0 spiro atoms. The summed E-state index contributed by atoms with van der Waals surface area (Å²) in [6.45, 7) is 29.4. The number of piperidine rings is 4. The van der Waals surface area contributed by atoms with Gasteiger partial charge in [0.1, 0.15) is 22.8 Å². The van der Waals surface area contributed by atoms with E-state index in [4.69, 9.17) is 38.4 Å². The second-order valence-corrected chi connectivity index (χ2v) is 29.1. The number of halogens is 5. The highest BCUT2D eigenvalue weighted by Crippen LogP contribution is 2.31. The summed E-state index contributed by atoms with van der Waals surface area (Å²) in [7, 11) is 0. The predicted molar refractivity (Wildman–Crippen MR) is 378 cm³/mol. The van der Waals surface area contributed by atoms with E-state index in [1.165, 1.54) is 151 Å². The van der Waals surface area contributed by atoms with Gasteiger partial charge < -0.3 is 55.2 Å². The molecule has 6 aromatic rings. The van der Waals surface area contributed by atoms with Crippen molar-refractivity contribution in [3.8, 4) is 0 Å². The average Bonchev–Trinajstić information content (AvgIpc) is 1.71. The van der Waals surface area contributed by atoms with Gasteiger partial charge in [-0.05, 0) is 184 Å². The van der Waals surface area contributed by atoms with Crippen molar-refractivity contribution in [3.05, 3.63) is 115 Å². The molecule has 2 aromatic carbocycles. The Morgan fingerprint density at radius 1 is 0.495 bits per heavy atom. The van der Waals surface area contributed by atoms with Crippen LogP contribution < -0.4 is 31.1 Å². The summed E-state index contributed by atoms with van der Waals surface area (Å²) < 4.78 is 45.7. The van der Waals surface area contributed by atoms with Gasteiger partial charge in [0.25, 0.3) is 0 Å². The van der Waals surface area contributed by atoms with Crippen molar-refractivity contribution in [3.63, 3.8) is 0 Å². The Bertz CT molecular complexity index is 3440. The van der Waals surface area contributed by atoms with Crippen molar-refractivity contribution in [2.75, 3.05) is 99.0 Å². The van der Waals surface area contributed by atoms with Crippen LogP contribution in [0.3, 0.4) is 0 Å². The number of carbonyl (C=O) groups excluding carboxylic acids is 3. The van der Waals surface area contributed by atoms with E-state index in [0.717, 1.165) is 90.8 Å². The van der Waals surface area contributed by atoms with Crippen LogP contribution in [0.5, 0.6) is 0 Å². The van der Waals surface area contributed by atoms with Crippen LogP contribution in [-0.4, -0.2) is 162 Å². The molecule has 8 aliphatic heterocycles. The molecular weight excluding hydrogens is 1370 g/mol. The summed E-state index contributed by atoms with van der Waals surface area (Å²) in [6, 6.07) is 8.52. The van der Waals surface area contributed by atoms with Crippen molar-refractivity contribution in [2.45, 2.75) is 189 Å². The average molecular weight is 1470 g/mol. The molecule has 3 amide bonds. The number of hydrogen-bond donors (Lipinski definition) is 3. The zero-order valence-corrected chi connectivity index (χ0v) is 60.0. The molecule has 0 radical (unpaired) electrons. The second kappa shape index (κ2) is 34.7. The number of rotatable bonds is 5. The van der Waals surface area contributed by atoms with Gasteiger partial charge in [-0.25, -0.2) is 18.4 Å². The number of nitrogens with two attached hydrogens (primary N) is 1. The number of nitrogen functional groups attached to an aromatic ring is 1. The SMILES string of the molecule is C1CCNCC1.CC(C)(C)OC(=O)N1CCn2ncc(I)c2C1.CC(C)(C)OC(=O)N1CCn2ncc(N3CCCCC3)c2C1.Nc1ccc(F)c(Cl)c1.O=C(Cc1ccc(F)c(Cl)c1)N1CCn2ncc(N3CCCCC3)c2C1.c1nn2c(c1N1CCCCC1)CNCC2. The Kier molecular flexibility index (Phi) is 26.6. The highest BCUT2D eigenvalue weighted by Gasteiger charge is 2.32. The first-order valence-corrected chi connectivity index (χ1v) is 35.8. The summed E-state index contributed by atoms with van der Waals surface area (Å²) in [4.78, 5) is 49.6. The number of nitrogens with zero attached hydrogens (tertiary/aromatic N) is 14. The van der Waals surface area contributed by atoms with Gasteiger partial charge in [-0.15, -0.1) is 0 Å². The number of amides is 3. The fourth-order valence-corrected chi connectivity index (χ4v) is 13.4. The van der Waals surface area contributed by atoms with Gasteiger partial charge in [-0.2, -0.15) is 20.4 Å². The maximum absolute atomic E-state index is 13.3. The lowest BCUT2D eigenvalue weighted by molar-refractivity contribution is -0.132. The molecule has 4 fully saturated rings. The van der Waals surface area contributed by atoms with Crippen molar-refractivity contribution in [1.82, 2.24) is 64.5 Å². The van der Waals surface area contributed by atoms with E-state index in [1.54, 1.807) is 15.9 Å². The number of anilines is 4. The number of ether oxygens (including phenoxy) is 2. The van der Waals surface area contributed by atoms with Crippen LogP contribution in [0.15, 0.2) is 61.2 Å². The lowest BCUT2D eigenvalue weighted by Crippen LogP contribution is -2.42. The summed E-state index contributed by atoms with van der Waals surface area (Å²) in [5, 5.41) is 24.6. The Morgan fingerprint density at radius 2 is 0.905 bits per heavy atom. The normalized spacial score (nSPS) is 17.8. The fourth-order valence-electron chi connectivity index (χ4n) is 12.5. The van der Waals surface area contributed by atoms with E-state index in [9.17, 15) is 23.2 Å². The second-order valence-electron chi connectivity index (χ2n) is 27.1. The summed E-state index contributed by atoms with van der Waals surface area (Å²) in [5.74, 6) is -0.869. The van der Waals surface area contributed by atoms with E-state index in [0.29, 0.717) is 51.5 Å². The number of nitrogens with one attached hydrogen (secondary N) is 2. The van der Waals surface area contributed by atoms with Gasteiger partial charge in [-0.3, -0.25) is 23.5 Å². The Hall–Kier alpha value is -6.42. The van der Waals surface area contributed by atoms with Crippen LogP contribution in [0.2, 0.25) is 10.0 Å². The first-order valence-electron chi connectivity index (χ1n) is 34.0. The largest absolute Gasteiger partial charge is 0.444 e. The lowest BCUT2D eigenvalue weighted by Gasteiger charge is -2.33. The Morgan fingerprint density at radius 3 is 1.35 bits per heavy atom. The first-order chi connectivity index (χ1) is 45.6. The Balaban J connectivity index is 0.000000141. The number of hydrogen-bond acceptors (Lipinski definition) is 15. The zero-order chi connectivity index (χ0) is 67.7. The number of fused-ring (bicyclic) bond motifs is 4. The first kappa shape index (κ1) is 72.8. The van der Waals surface area contributed by atoms with Gasteiger partial charge >= 0.3 is 12.2 Å². The van der Waals surface area contributed by atoms with Gasteiger partial charge in [0.2, 0.25) is 5.91 Å². The van der Waals surface area contributed by atoms with Crippen molar-refractivity contribution < 1.29 is 32.6 Å². The lowest BCUT2D eigenvalue weighted by atomic mass is 10.1. The molecule has 0 unspecified atom stereocenters. The molecule has 0 atom stereocenters. The number of benzene rings is 2. The number of aromatic nitrogens is 8. The smallest absolute Gasteiger partial charge is 0.410 e. The van der Waals surface area contributed by atoms with Crippen LogP contribution in [0.4, 0.5) is 41.1 Å².